The van der Waals surface area contributed by atoms with Crippen LogP contribution >= 0.6 is 11.8 Å². The lowest BCUT2D eigenvalue weighted by Crippen LogP contribution is -2.42. The first-order chi connectivity index (χ1) is 19.2. The Morgan fingerprint density at radius 2 is 1.68 bits per heavy atom. The maximum absolute atomic E-state index is 12.3. The second-order valence-corrected chi connectivity index (χ2v) is 10.4. The van der Waals surface area contributed by atoms with E-state index in [-0.39, 0.29) is 46.4 Å². The van der Waals surface area contributed by atoms with Crippen molar-refractivity contribution in [2.45, 2.75) is 104 Å². The van der Waals surface area contributed by atoms with Crippen LogP contribution in [0, 0.1) is 6.92 Å². The number of aliphatic carboxylic acids is 1. The predicted octanol–water partition coefficient (Wildman–Crippen LogP) is 4.99. The van der Waals surface area contributed by atoms with Gasteiger partial charge in [0.2, 0.25) is 23.6 Å². The first-order valence-electron chi connectivity index (χ1n) is 14.5. The Morgan fingerprint density at radius 3 is 2.27 bits per heavy atom. The fourth-order valence-corrected chi connectivity index (χ4v) is 4.89. The molecule has 1 aromatic rings. The number of benzene rings is 1. The molecule has 1 aliphatic heterocycles. The number of aryl methyl sites for hydroxylation is 2. The largest absolute Gasteiger partial charge is 0.480 e. The molecule has 1 heterocycles. The minimum Gasteiger partial charge on any atom is -0.480 e. The van der Waals surface area contributed by atoms with E-state index < -0.39 is 23.2 Å². The molecule has 230 valence electrons. The van der Waals surface area contributed by atoms with Crippen LogP contribution in [0.4, 0.5) is 0 Å². The van der Waals surface area contributed by atoms with Crippen LogP contribution in [-0.4, -0.2) is 69.7 Å². The van der Waals surface area contributed by atoms with Gasteiger partial charge >= 0.3 is 5.97 Å². The SMILES string of the molecule is CC.CC.CCSC1CC(=O)N(CCC(=O)NC(CCCCNC(=O)CCCc2ccc(C)cc2)C(=O)O)C1=O.[HH].[HH]. The number of unbranched alkanes of at least 4 members (excludes halogenated alkanes) is 1. The van der Waals surface area contributed by atoms with Gasteiger partial charge in [0.1, 0.15) is 6.04 Å². The van der Waals surface area contributed by atoms with Gasteiger partial charge in [0, 0.05) is 35.2 Å². The number of carbonyl (C=O) groups excluding carboxylic acids is 4. The Morgan fingerprint density at radius 1 is 1.02 bits per heavy atom. The summed E-state index contributed by atoms with van der Waals surface area (Å²) in [7, 11) is 0. The van der Waals surface area contributed by atoms with Crippen LogP contribution in [0.5, 0.6) is 0 Å². The van der Waals surface area contributed by atoms with Gasteiger partial charge in [-0.2, -0.15) is 0 Å². The van der Waals surface area contributed by atoms with E-state index in [2.05, 4.69) is 34.9 Å². The highest BCUT2D eigenvalue weighted by Crippen LogP contribution is 2.24. The van der Waals surface area contributed by atoms with E-state index in [0.717, 1.165) is 23.5 Å². The van der Waals surface area contributed by atoms with Crippen molar-refractivity contribution in [2.24, 2.45) is 0 Å². The number of carboxylic acid groups (broad SMARTS) is 1. The van der Waals surface area contributed by atoms with Gasteiger partial charge in [-0.3, -0.25) is 24.1 Å². The van der Waals surface area contributed by atoms with Gasteiger partial charge in [-0.25, -0.2) is 4.79 Å². The second kappa shape index (κ2) is 21.9. The average molecular weight is 584 g/mol. The lowest BCUT2D eigenvalue weighted by molar-refractivity contribution is -0.143. The Balaban J connectivity index is -0.00000242. The van der Waals surface area contributed by atoms with Crippen molar-refractivity contribution in [3.8, 4) is 0 Å². The number of hydrogen-bond acceptors (Lipinski definition) is 6. The van der Waals surface area contributed by atoms with Crippen LogP contribution in [-0.2, 0) is 30.4 Å². The van der Waals surface area contributed by atoms with Crippen LogP contribution in [0.3, 0.4) is 0 Å². The summed E-state index contributed by atoms with van der Waals surface area (Å²) in [4.78, 5) is 61.2. The maximum Gasteiger partial charge on any atom is 0.326 e. The molecule has 1 fully saturated rings. The Hall–Kier alpha value is -2.88. The van der Waals surface area contributed by atoms with Gasteiger partial charge in [-0.05, 0) is 50.3 Å². The Labute approximate surface area is 247 Å². The monoisotopic (exact) mass is 583 g/mol. The number of nitrogens with zero attached hydrogens (tertiary/aromatic N) is 1. The first kappa shape index (κ1) is 37.1. The third kappa shape index (κ3) is 14.5. The number of carboxylic acids is 1. The van der Waals surface area contributed by atoms with Crippen LogP contribution in [0.1, 0.15) is 93.5 Å². The number of rotatable bonds is 16. The third-order valence-corrected chi connectivity index (χ3v) is 7.10. The smallest absolute Gasteiger partial charge is 0.326 e. The summed E-state index contributed by atoms with van der Waals surface area (Å²) < 4.78 is 0. The molecule has 1 aliphatic rings. The summed E-state index contributed by atoms with van der Waals surface area (Å²) in [6.45, 7) is 12.3. The van der Waals surface area contributed by atoms with Crippen LogP contribution in [0.2, 0.25) is 0 Å². The lowest BCUT2D eigenvalue weighted by atomic mass is 10.1. The van der Waals surface area contributed by atoms with Crippen molar-refractivity contribution in [3.63, 3.8) is 0 Å². The molecule has 0 saturated carbocycles. The fraction of sp³-hybridized carbons (Fsp3) is 0.633. The minimum atomic E-state index is -1.14. The molecule has 40 heavy (non-hydrogen) atoms. The van der Waals surface area contributed by atoms with E-state index in [1.165, 1.54) is 22.9 Å². The van der Waals surface area contributed by atoms with E-state index >= 15 is 0 Å². The fourth-order valence-electron chi connectivity index (χ4n) is 3.95. The van der Waals surface area contributed by atoms with Crippen molar-refractivity contribution in [1.82, 2.24) is 15.5 Å². The summed E-state index contributed by atoms with van der Waals surface area (Å²) in [6.07, 6.45) is 3.36. The quantitative estimate of drug-likeness (QED) is 0.184. The van der Waals surface area contributed by atoms with Crippen LogP contribution in [0.25, 0.3) is 0 Å². The molecule has 0 radical (unpaired) electrons. The first-order valence-corrected chi connectivity index (χ1v) is 15.6. The topological polar surface area (TPSA) is 133 Å². The molecule has 9 nitrogen and oxygen atoms in total. The number of amides is 4. The van der Waals surface area contributed by atoms with Gasteiger partial charge in [0.05, 0.1) is 5.25 Å². The van der Waals surface area contributed by atoms with E-state index in [1.807, 2.05) is 41.5 Å². The van der Waals surface area contributed by atoms with Crippen LogP contribution < -0.4 is 10.6 Å². The summed E-state index contributed by atoms with van der Waals surface area (Å²) in [5.41, 5.74) is 2.41. The van der Waals surface area contributed by atoms with Gasteiger partial charge in [-0.1, -0.05) is 64.4 Å². The molecule has 0 aliphatic carbocycles. The van der Waals surface area contributed by atoms with E-state index in [4.69, 9.17) is 0 Å². The zero-order valence-corrected chi connectivity index (χ0v) is 25.9. The van der Waals surface area contributed by atoms with Gasteiger partial charge in [0.15, 0.2) is 0 Å². The summed E-state index contributed by atoms with van der Waals surface area (Å²) in [6, 6.07) is 7.19. The lowest BCUT2D eigenvalue weighted by Gasteiger charge is -2.17. The number of carbonyl (C=O) groups is 5. The number of thioether (sulfide) groups is 1. The van der Waals surface area contributed by atoms with Crippen molar-refractivity contribution < 1.29 is 31.9 Å². The highest BCUT2D eigenvalue weighted by atomic mass is 32.2. The molecule has 2 atom stereocenters. The molecular formula is C30H53N3O6S. The van der Waals surface area contributed by atoms with Crippen molar-refractivity contribution in [1.29, 1.82) is 0 Å². The summed E-state index contributed by atoms with van der Waals surface area (Å²) in [5, 5.41) is 14.3. The van der Waals surface area contributed by atoms with Gasteiger partial charge in [-0.15, -0.1) is 11.8 Å². The molecule has 0 spiro atoms. The molecule has 10 heteroatoms. The van der Waals surface area contributed by atoms with E-state index in [9.17, 15) is 29.1 Å². The molecule has 1 aromatic carbocycles. The standard InChI is InChI=1S/C26H37N3O6S.2C2H6.2H2/c1-3-36-21-17-24(32)29(25(21)33)16-14-23(31)28-20(26(34)35)8-4-5-15-27-22(30)9-6-7-19-12-10-18(2)11-13-19;2*1-2;;/h10-13,20-21H,3-9,14-17H2,1-2H3,(H,27,30)(H,28,31)(H,34,35);2*1-2H3;2*1H. The van der Waals surface area contributed by atoms with E-state index in [0.29, 0.717) is 25.8 Å². The van der Waals surface area contributed by atoms with Crippen LogP contribution in [0.15, 0.2) is 24.3 Å². The molecule has 0 aromatic heterocycles. The minimum absolute atomic E-state index is 0. The number of likely N-dealkylation sites (tertiary alicyclic amines) is 1. The highest BCUT2D eigenvalue weighted by molar-refractivity contribution is 8.00. The van der Waals surface area contributed by atoms with Crippen molar-refractivity contribution >= 4 is 41.4 Å². The van der Waals surface area contributed by atoms with Crippen molar-refractivity contribution in [2.75, 3.05) is 18.8 Å². The predicted molar refractivity (Wildman–Crippen MR) is 165 cm³/mol. The number of hydrogen-bond donors (Lipinski definition) is 3. The highest BCUT2D eigenvalue weighted by Gasteiger charge is 2.38. The van der Waals surface area contributed by atoms with Gasteiger partial charge in [0.25, 0.3) is 0 Å². The number of nitrogens with one attached hydrogen (secondary N) is 2. The molecule has 3 N–H and O–H groups in total. The average Bonchev–Trinajstić information content (AvgIpc) is 3.21. The molecular weight excluding hydrogens is 530 g/mol. The Kier molecular flexibility index (Phi) is 20.3. The molecule has 2 unspecified atom stereocenters. The van der Waals surface area contributed by atoms with E-state index in [1.54, 1.807) is 0 Å². The van der Waals surface area contributed by atoms with Gasteiger partial charge < -0.3 is 15.7 Å². The third-order valence-electron chi connectivity index (χ3n) is 6.00. The maximum atomic E-state index is 12.3. The molecule has 0 bridgehead atoms. The molecule has 4 amide bonds. The zero-order chi connectivity index (χ0) is 30.5. The normalized spacial score (nSPS) is 14.8. The van der Waals surface area contributed by atoms with Crippen molar-refractivity contribution in [3.05, 3.63) is 35.4 Å². The zero-order valence-electron chi connectivity index (χ0n) is 25.1. The summed E-state index contributed by atoms with van der Waals surface area (Å²) >= 11 is 1.40. The molecule has 2 rings (SSSR count). The summed E-state index contributed by atoms with van der Waals surface area (Å²) in [5.74, 6) is -1.56. The number of imide groups is 1. The Bertz CT molecular complexity index is 934. The molecule has 1 saturated heterocycles. The second-order valence-electron chi connectivity index (χ2n) is 8.92.